The Bertz CT molecular complexity index is 1000. The lowest BCUT2D eigenvalue weighted by atomic mass is 9.98. The standard InChI is InChI=1S/C17H14F2N2O6/c1-2-25-14(22)7-11(21(23)24)9-3-4-12(27-17(18)19)16-15(9)10-5-6-20-8-13(10)26-16/h3-6,8,11,17H,2,7H2,1H3. The van der Waals surface area contributed by atoms with Gasteiger partial charge in [-0.15, -0.1) is 0 Å². The SMILES string of the molecule is CCOC(=O)CC(c1ccc(OC(F)F)c2oc3cnccc3c12)[N+](=O)[O-]. The highest BCUT2D eigenvalue weighted by atomic mass is 19.3. The van der Waals surface area contributed by atoms with Gasteiger partial charge in [0.2, 0.25) is 6.04 Å². The lowest BCUT2D eigenvalue weighted by Crippen LogP contribution is -2.17. The van der Waals surface area contributed by atoms with Crippen LogP contribution in [0.1, 0.15) is 24.9 Å². The Morgan fingerprint density at radius 1 is 1.37 bits per heavy atom. The average molecular weight is 380 g/mol. The Balaban J connectivity index is 2.22. The van der Waals surface area contributed by atoms with E-state index in [4.69, 9.17) is 9.15 Å². The van der Waals surface area contributed by atoms with Gasteiger partial charge in [0.15, 0.2) is 16.9 Å². The van der Waals surface area contributed by atoms with Crippen molar-refractivity contribution < 1.29 is 32.4 Å². The fourth-order valence-corrected chi connectivity index (χ4v) is 2.88. The van der Waals surface area contributed by atoms with E-state index >= 15 is 0 Å². The van der Waals surface area contributed by atoms with E-state index in [9.17, 15) is 23.7 Å². The van der Waals surface area contributed by atoms with Gasteiger partial charge in [-0.25, -0.2) is 0 Å². The van der Waals surface area contributed by atoms with Crippen molar-refractivity contribution in [1.29, 1.82) is 0 Å². The van der Waals surface area contributed by atoms with Crippen LogP contribution in [0.25, 0.3) is 21.9 Å². The number of alkyl halides is 2. The number of benzene rings is 1. The molecule has 0 radical (unpaired) electrons. The van der Waals surface area contributed by atoms with Gasteiger partial charge in [-0.05, 0) is 25.1 Å². The van der Waals surface area contributed by atoms with Gasteiger partial charge < -0.3 is 13.9 Å². The van der Waals surface area contributed by atoms with Crippen LogP contribution in [0, 0.1) is 10.1 Å². The zero-order valence-corrected chi connectivity index (χ0v) is 14.1. The first-order chi connectivity index (χ1) is 12.9. The third kappa shape index (κ3) is 3.64. The fourth-order valence-electron chi connectivity index (χ4n) is 2.88. The van der Waals surface area contributed by atoms with Crippen molar-refractivity contribution in [3.8, 4) is 5.75 Å². The number of halogens is 2. The van der Waals surface area contributed by atoms with Gasteiger partial charge in [-0.1, -0.05) is 0 Å². The summed E-state index contributed by atoms with van der Waals surface area (Å²) < 4.78 is 40.2. The van der Waals surface area contributed by atoms with Crippen molar-refractivity contribution in [3.05, 3.63) is 46.3 Å². The molecule has 1 unspecified atom stereocenters. The molecule has 3 rings (SSSR count). The molecule has 0 aliphatic rings. The monoisotopic (exact) mass is 380 g/mol. The second kappa shape index (κ2) is 7.52. The topological polar surface area (TPSA) is 105 Å². The molecule has 0 fully saturated rings. The number of aromatic nitrogens is 1. The van der Waals surface area contributed by atoms with Crippen LogP contribution < -0.4 is 4.74 Å². The number of fused-ring (bicyclic) bond motifs is 3. The minimum atomic E-state index is -3.10. The molecule has 0 bridgehead atoms. The van der Waals surface area contributed by atoms with Crippen LogP contribution in [0.2, 0.25) is 0 Å². The van der Waals surface area contributed by atoms with Gasteiger partial charge in [-0.2, -0.15) is 8.78 Å². The van der Waals surface area contributed by atoms with Crippen LogP contribution in [0.3, 0.4) is 0 Å². The lowest BCUT2D eigenvalue weighted by molar-refractivity contribution is -0.527. The average Bonchev–Trinajstić information content (AvgIpc) is 3.00. The number of pyridine rings is 1. The number of hydrogen-bond donors (Lipinski definition) is 0. The summed E-state index contributed by atoms with van der Waals surface area (Å²) in [6, 6.07) is 2.53. The Hall–Kier alpha value is -3.30. The predicted molar refractivity (Wildman–Crippen MR) is 89.1 cm³/mol. The molecule has 8 nitrogen and oxygen atoms in total. The second-order valence-corrected chi connectivity index (χ2v) is 5.52. The molecule has 0 spiro atoms. The summed E-state index contributed by atoms with van der Waals surface area (Å²) in [7, 11) is 0. The molecule has 0 saturated carbocycles. The highest BCUT2D eigenvalue weighted by molar-refractivity contribution is 6.08. The fraction of sp³-hybridized carbons (Fsp3) is 0.294. The van der Waals surface area contributed by atoms with E-state index in [0.29, 0.717) is 5.39 Å². The smallest absolute Gasteiger partial charge is 0.387 e. The van der Waals surface area contributed by atoms with Crippen molar-refractivity contribution in [1.82, 2.24) is 4.98 Å². The molecular formula is C17H14F2N2O6. The molecule has 10 heteroatoms. The third-order valence-corrected chi connectivity index (χ3v) is 3.91. The molecule has 0 aliphatic carbocycles. The first-order valence-corrected chi connectivity index (χ1v) is 7.95. The number of furan rings is 1. The quantitative estimate of drug-likeness (QED) is 0.348. The van der Waals surface area contributed by atoms with Gasteiger partial charge in [-0.3, -0.25) is 19.9 Å². The lowest BCUT2D eigenvalue weighted by Gasteiger charge is -2.12. The first kappa shape index (κ1) is 18.5. The summed E-state index contributed by atoms with van der Waals surface area (Å²) >= 11 is 0. The van der Waals surface area contributed by atoms with Crippen LogP contribution in [-0.2, 0) is 9.53 Å². The van der Waals surface area contributed by atoms with Gasteiger partial charge in [0.25, 0.3) is 0 Å². The molecule has 0 aliphatic heterocycles. The number of nitro groups is 1. The van der Waals surface area contributed by atoms with Gasteiger partial charge in [0.05, 0.1) is 12.8 Å². The molecule has 0 N–H and O–H groups in total. The Morgan fingerprint density at radius 3 is 2.81 bits per heavy atom. The Labute approximate surface area is 150 Å². The maximum Gasteiger partial charge on any atom is 0.387 e. The van der Waals surface area contributed by atoms with Crippen molar-refractivity contribution >= 4 is 27.9 Å². The van der Waals surface area contributed by atoms with Crippen molar-refractivity contribution in [2.45, 2.75) is 26.0 Å². The third-order valence-electron chi connectivity index (χ3n) is 3.91. The summed E-state index contributed by atoms with van der Waals surface area (Å²) in [6.45, 7) is -1.43. The van der Waals surface area contributed by atoms with E-state index in [1.807, 2.05) is 0 Å². The van der Waals surface area contributed by atoms with E-state index < -0.39 is 30.0 Å². The molecule has 0 saturated heterocycles. The summed E-state index contributed by atoms with van der Waals surface area (Å²) in [4.78, 5) is 26.7. The molecule has 27 heavy (non-hydrogen) atoms. The highest BCUT2D eigenvalue weighted by Gasteiger charge is 2.32. The minimum absolute atomic E-state index is 0.0773. The minimum Gasteiger partial charge on any atom is -0.466 e. The Kier molecular flexibility index (Phi) is 5.15. The van der Waals surface area contributed by atoms with Crippen molar-refractivity contribution in [2.24, 2.45) is 0 Å². The van der Waals surface area contributed by atoms with E-state index in [-0.39, 0.29) is 34.5 Å². The second-order valence-electron chi connectivity index (χ2n) is 5.52. The maximum absolute atomic E-state index is 12.7. The number of rotatable bonds is 7. The molecule has 2 aromatic heterocycles. The molecule has 1 aromatic carbocycles. The number of carbonyl (C=O) groups excluding carboxylic acids is 1. The van der Waals surface area contributed by atoms with Crippen LogP contribution in [0.15, 0.2) is 35.0 Å². The molecule has 2 heterocycles. The summed E-state index contributed by atoms with van der Waals surface area (Å²) in [5.74, 6) is -1.01. The molecular weight excluding hydrogens is 366 g/mol. The summed E-state index contributed by atoms with van der Waals surface area (Å²) in [5, 5.41) is 12.3. The van der Waals surface area contributed by atoms with Crippen LogP contribution in [-0.4, -0.2) is 29.1 Å². The summed E-state index contributed by atoms with van der Waals surface area (Å²) in [5.41, 5.74) is 0.304. The number of hydrogen-bond acceptors (Lipinski definition) is 7. The normalized spacial score (nSPS) is 12.4. The zero-order valence-electron chi connectivity index (χ0n) is 14.1. The first-order valence-electron chi connectivity index (χ1n) is 7.95. The van der Waals surface area contributed by atoms with Crippen molar-refractivity contribution in [3.63, 3.8) is 0 Å². The van der Waals surface area contributed by atoms with Gasteiger partial charge >= 0.3 is 12.6 Å². The van der Waals surface area contributed by atoms with E-state index in [0.717, 1.165) is 6.07 Å². The highest BCUT2D eigenvalue weighted by Crippen LogP contribution is 2.40. The van der Waals surface area contributed by atoms with Crippen molar-refractivity contribution in [2.75, 3.05) is 6.61 Å². The zero-order chi connectivity index (χ0) is 19.6. The molecule has 3 aromatic rings. The maximum atomic E-state index is 12.7. The van der Waals surface area contributed by atoms with Crippen LogP contribution in [0.5, 0.6) is 5.75 Å². The number of esters is 1. The molecule has 142 valence electrons. The number of carbonyl (C=O) groups is 1. The van der Waals surface area contributed by atoms with E-state index in [1.165, 1.54) is 24.5 Å². The van der Waals surface area contributed by atoms with E-state index in [2.05, 4.69) is 9.72 Å². The largest absolute Gasteiger partial charge is 0.466 e. The Morgan fingerprint density at radius 2 is 2.15 bits per heavy atom. The predicted octanol–water partition coefficient (Wildman–Crippen LogP) is 3.85. The molecule has 0 amide bonds. The molecule has 1 atom stereocenters. The van der Waals surface area contributed by atoms with Gasteiger partial charge in [0, 0.05) is 27.5 Å². The van der Waals surface area contributed by atoms with Crippen LogP contribution >= 0.6 is 0 Å². The van der Waals surface area contributed by atoms with Gasteiger partial charge in [0.1, 0.15) is 6.42 Å². The number of nitrogens with zero attached hydrogens (tertiary/aromatic N) is 2. The summed E-state index contributed by atoms with van der Waals surface area (Å²) in [6.07, 6.45) is 2.29. The number of ether oxygens (including phenoxy) is 2. The van der Waals surface area contributed by atoms with Crippen LogP contribution in [0.4, 0.5) is 8.78 Å². The van der Waals surface area contributed by atoms with E-state index in [1.54, 1.807) is 6.92 Å².